The molecule has 0 saturated carbocycles. The Kier molecular flexibility index (Phi) is 8.42. The summed E-state index contributed by atoms with van der Waals surface area (Å²) in [6, 6.07) is 17.6. The van der Waals surface area contributed by atoms with Crippen LogP contribution < -0.4 is 10.6 Å². The number of amidine groups is 2. The summed E-state index contributed by atoms with van der Waals surface area (Å²) in [5.41, 5.74) is 2.65. The van der Waals surface area contributed by atoms with Crippen molar-refractivity contribution in [1.29, 1.82) is 0 Å². The second-order valence-electron chi connectivity index (χ2n) is 9.10. The molecule has 2 aromatic rings. The minimum atomic E-state index is 0.208. The van der Waals surface area contributed by atoms with Gasteiger partial charge < -0.3 is 10.6 Å². The zero-order valence-electron chi connectivity index (χ0n) is 19.3. The number of benzene rings is 2. The van der Waals surface area contributed by atoms with Crippen molar-refractivity contribution >= 4 is 43.5 Å². The molecule has 0 radical (unpaired) electrons. The van der Waals surface area contributed by atoms with E-state index in [-0.39, 0.29) is 6.04 Å². The van der Waals surface area contributed by atoms with E-state index in [9.17, 15) is 0 Å². The van der Waals surface area contributed by atoms with E-state index in [2.05, 4.69) is 117 Å². The van der Waals surface area contributed by atoms with E-state index in [4.69, 9.17) is 9.98 Å². The van der Waals surface area contributed by atoms with E-state index in [0.29, 0.717) is 17.9 Å². The molecule has 4 rings (SSSR count). The maximum Gasteiger partial charge on any atom is 0.100 e. The first-order chi connectivity index (χ1) is 16.0. The molecule has 2 N–H and O–H groups in total. The predicted octanol–water partition coefficient (Wildman–Crippen LogP) is 5.96. The number of halogens is 2. The molecule has 6 heteroatoms. The van der Waals surface area contributed by atoms with Gasteiger partial charge in [0.25, 0.3) is 0 Å². The van der Waals surface area contributed by atoms with Crippen LogP contribution in [-0.2, 0) is 12.8 Å². The molecule has 0 spiro atoms. The fourth-order valence-electron chi connectivity index (χ4n) is 4.58. The lowest BCUT2D eigenvalue weighted by Gasteiger charge is -2.33. The van der Waals surface area contributed by atoms with Gasteiger partial charge in [0.1, 0.15) is 5.84 Å². The van der Waals surface area contributed by atoms with Gasteiger partial charge in [0.15, 0.2) is 0 Å². The topological polar surface area (TPSA) is 48.8 Å². The molecule has 2 aliphatic heterocycles. The summed E-state index contributed by atoms with van der Waals surface area (Å²) < 4.78 is 2.25. The monoisotopic (exact) mass is 570 g/mol. The molecule has 0 saturated heterocycles. The zero-order chi connectivity index (χ0) is 23.2. The maximum atomic E-state index is 4.85. The molecule has 0 bridgehead atoms. The molecule has 0 fully saturated rings. The number of rotatable bonds is 7. The lowest BCUT2D eigenvalue weighted by molar-refractivity contribution is 0.455. The minimum absolute atomic E-state index is 0.208. The third kappa shape index (κ3) is 6.80. The fraction of sp³-hybridized carbons (Fsp3) is 0.407. The van der Waals surface area contributed by atoms with E-state index in [1.807, 2.05) is 0 Å². The summed E-state index contributed by atoms with van der Waals surface area (Å²) in [5, 5.41) is 7.53. The van der Waals surface area contributed by atoms with Gasteiger partial charge in [-0.05, 0) is 54.7 Å². The van der Waals surface area contributed by atoms with Crippen LogP contribution in [0.15, 0.2) is 79.6 Å². The molecule has 2 heterocycles. The Labute approximate surface area is 214 Å². The van der Waals surface area contributed by atoms with Gasteiger partial charge >= 0.3 is 0 Å². The van der Waals surface area contributed by atoms with Gasteiger partial charge in [-0.25, -0.2) is 0 Å². The summed E-state index contributed by atoms with van der Waals surface area (Å²) in [7, 11) is 0. The van der Waals surface area contributed by atoms with Crippen molar-refractivity contribution in [2.24, 2.45) is 21.8 Å². The zero-order valence-corrected chi connectivity index (χ0v) is 22.4. The van der Waals surface area contributed by atoms with Crippen molar-refractivity contribution in [1.82, 2.24) is 10.6 Å². The first kappa shape index (κ1) is 24.2. The van der Waals surface area contributed by atoms with Gasteiger partial charge in [0.05, 0.1) is 24.5 Å². The normalized spacial score (nSPS) is 22.3. The number of hydrogen-bond acceptors (Lipinski definition) is 4. The Hall–Kier alpha value is -1.92. The fourth-order valence-corrected chi connectivity index (χ4v) is 5.48. The number of aliphatic imine (C=N–C) groups is 2. The number of nitrogens with one attached hydrogen (secondary N) is 2. The van der Waals surface area contributed by atoms with Gasteiger partial charge in [-0.2, -0.15) is 0 Å². The Balaban J connectivity index is 1.38. The lowest BCUT2D eigenvalue weighted by Crippen LogP contribution is -2.54. The first-order valence-electron chi connectivity index (χ1n) is 11.7. The van der Waals surface area contributed by atoms with Crippen LogP contribution in [0.5, 0.6) is 0 Å². The van der Waals surface area contributed by atoms with E-state index < -0.39 is 0 Å². The second-order valence-corrected chi connectivity index (χ2v) is 10.9. The summed E-state index contributed by atoms with van der Waals surface area (Å²) in [6.45, 7) is 6.12. The summed E-state index contributed by atoms with van der Waals surface area (Å²) >= 11 is 7.17. The van der Waals surface area contributed by atoms with Crippen LogP contribution in [0.3, 0.4) is 0 Å². The van der Waals surface area contributed by atoms with Crippen molar-refractivity contribution < 1.29 is 0 Å². The Morgan fingerprint density at radius 2 is 1.48 bits per heavy atom. The van der Waals surface area contributed by atoms with E-state index >= 15 is 0 Å². The summed E-state index contributed by atoms with van der Waals surface area (Å²) in [4.78, 5) is 9.69. The highest BCUT2D eigenvalue weighted by molar-refractivity contribution is 9.10. The van der Waals surface area contributed by atoms with Gasteiger partial charge in [0.2, 0.25) is 0 Å². The molecule has 0 aliphatic carbocycles. The minimum Gasteiger partial charge on any atom is -0.368 e. The van der Waals surface area contributed by atoms with E-state index in [0.717, 1.165) is 53.0 Å². The van der Waals surface area contributed by atoms with Crippen molar-refractivity contribution in [2.75, 3.05) is 13.1 Å². The smallest absolute Gasteiger partial charge is 0.100 e. The lowest BCUT2D eigenvalue weighted by atomic mass is 9.95. The first-order valence-corrected chi connectivity index (χ1v) is 13.3. The maximum absolute atomic E-state index is 4.85. The largest absolute Gasteiger partial charge is 0.368 e. The number of nitrogens with zero attached hydrogens (tertiary/aromatic N) is 2. The average Bonchev–Trinajstić information content (AvgIpc) is 3.06. The molecule has 4 atom stereocenters. The summed E-state index contributed by atoms with van der Waals surface area (Å²) in [6.07, 6.45) is 7.42. The third-order valence-electron chi connectivity index (χ3n) is 6.31. The molecular weight excluding hydrogens is 540 g/mol. The molecule has 2 aromatic carbocycles. The quantitative estimate of drug-likeness (QED) is 0.403. The molecule has 0 amide bonds. The highest BCUT2D eigenvalue weighted by Crippen LogP contribution is 2.20. The molecule has 2 unspecified atom stereocenters. The number of hydrogen-bond donors (Lipinski definition) is 2. The van der Waals surface area contributed by atoms with Crippen molar-refractivity contribution in [2.45, 2.75) is 45.2 Å². The van der Waals surface area contributed by atoms with Crippen LogP contribution in [0.4, 0.5) is 0 Å². The van der Waals surface area contributed by atoms with Crippen LogP contribution in [0.1, 0.15) is 31.4 Å². The van der Waals surface area contributed by atoms with E-state index in [1.54, 1.807) is 0 Å². The molecule has 33 heavy (non-hydrogen) atoms. The standard InChI is InChI=1S/C27H32Br2N4/c1-18(14-20-6-3-8-22(28)16-20)26-30-12-5-10-24(32-26)25-11-13-31-27(33-25)19(2)15-21-7-4-9-23(29)17-21/h3-10,16-19,24-25H,11-15H2,1-2H3,(H,30,32)(H,31,33)/t18-,19-,24?,25?/m0/s1. The highest BCUT2D eigenvalue weighted by Gasteiger charge is 2.28. The molecule has 4 nitrogen and oxygen atoms in total. The molecule has 174 valence electrons. The third-order valence-corrected chi connectivity index (χ3v) is 7.30. The van der Waals surface area contributed by atoms with Crippen LogP contribution in [0.25, 0.3) is 0 Å². The average molecular weight is 572 g/mol. The highest BCUT2D eigenvalue weighted by atomic mass is 79.9. The van der Waals surface area contributed by atoms with Crippen LogP contribution in [0, 0.1) is 11.8 Å². The van der Waals surface area contributed by atoms with Crippen molar-refractivity contribution in [3.8, 4) is 0 Å². The van der Waals surface area contributed by atoms with Gasteiger partial charge in [-0.15, -0.1) is 0 Å². The Morgan fingerprint density at radius 1 is 0.879 bits per heavy atom. The molecule has 2 aliphatic rings. The molecular formula is C27H32Br2N4. The second kappa shape index (κ2) is 11.5. The Bertz CT molecular complexity index is 1050. The molecule has 0 aromatic heterocycles. The predicted molar refractivity (Wildman–Crippen MR) is 146 cm³/mol. The Morgan fingerprint density at radius 3 is 2.09 bits per heavy atom. The van der Waals surface area contributed by atoms with Crippen molar-refractivity contribution in [3.63, 3.8) is 0 Å². The van der Waals surface area contributed by atoms with Crippen LogP contribution in [0.2, 0.25) is 0 Å². The van der Waals surface area contributed by atoms with Gasteiger partial charge in [-0.3, -0.25) is 9.98 Å². The van der Waals surface area contributed by atoms with Gasteiger partial charge in [-0.1, -0.05) is 82.1 Å². The summed E-state index contributed by atoms with van der Waals surface area (Å²) in [5.74, 6) is 2.89. The van der Waals surface area contributed by atoms with Crippen molar-refractivity contribution in [3.05, 3.63) is 80.8 Å². The SMILES string of the molecule is C[C@@H](Cc1cccc(Br)c1)C1=NCC=CC(C2CCN=C([C@@H](C)Cc3cccc(Br)c3)N2)N1. The van der Waals surface area contributed by atoms with E-state index in [1.165, 1.54) is 11.1 Å². The van der Waals surface area contributed by atoms with Gasteiger partial charge in [0, 0.05) is 27.3 Å². The van der Waals surface area contributed by atoms with Crippen LogP contribution in [-0.4, -0.2) is 36.8 Å². The van der Waals surface area contributed by atoms with Crippen LogP contribution >= 0.6 is 31.9 Å².